The van der Waals surface area contributed by atoms with Gasteiger partial charge in [-0.25, -0.2) is 9.59 Å². The Bertz CT molecular complexity index is 1020. The minimum atomic E-state index is -2.00. The summed E-state index contributed by atoms with van der Waals surface area (Å²) in [5.74, 6) is -3.03. The molecule has 2 saturated heterocycles. The van der Waals surface area contributed by atoms with Crippen LogP contribution in [0.25, 0.3) is 0 Å². The zero-order valence-electron chi connectivity index (χ0n) is 23.1. The number of hydrogen-bond donors (Lipinski definition) is 1. The van der Waals surface area contributed by atoms with Crippen molar-refractivity contribution in [2.45, 2.75) is 102 Å². The molecule has 4 aliphatic carbocycles. The van der Waals surface area contributed by atoms with Gasteiger partial charge < -0.3 is 38.5 Å². The second-order valence-corrected chi connectivity index (χ2v) is 11.7. The fraction of sp³-hybridized carbons (Fsp3) is 0.815. The van der Waals surface area contributed by atoms with Crippen LogP contribution in [-0.2, 0) is 52.3 Å². The molecule has 6 fully saturated rings. The standard InChI is InChI=1S/C27H37NO12/c1-12(29)35-11-20(37-14(3)31)23-24-21(28-26(33)38-23)19(36-13(2)30)10-27(40-24,25(32)34-4)39-22-17-6-15-5-16(8-17)9-18(22)7-15/h15-24H,5-11H2,1-4H3,(H,28,33)/t15?,16?,17?,18?,19-,20+,21+,22?,23+,24+,27+/m0/s1. The van der Waals surface area contributed by atoms with Gasteiger partial charge in [-0.05, 0) is 55.8 Å². The minimum absolute atomic E-state index is 0.238. The van der Waals surface area contributed by atoms with E-state index in [2.05, 4.69) is 5.32 Å². The van der Waals surface area contributed by atoms with E-state index in [-0.39, 0.29) is 24.4 Å². The average molecular weight is 568 g/mol. The summed E-state index contributed by atoms with van der Waals surface area (Å²) in [5.41, 5.74) is 0. The predicted octanol–water partition coefficient (Wildman–Crippen LogP) is 1.39. The Labute approximate surface area is 231 Å². The number of hydrogen-bond acceptors (Lipinski definition) is 12. The molecule has 4 bridgehead atoms. The molecule has 0 aromatic heterocycles. The van der Waals surface area contributed by atoms with Crippen molar-refractivity contribution in [2.75, 3.05) is 13.7 Å². The third kappa shape index (κ3) is 5.63. The lowest BCUT2D eigenvalue weighted by molar-refractivity contribution is -0.343. The number of amides is 1. The van der Waals surface area contributed by atoms with Gasteiger partial charge >= 0.3 is 30.0 Å². The molecule has 1 amide bonds. The van der Waals surface area contributed by atoms with Gasteiger partial charge in [0.25, 0.3) is 5.79 Å². The Morgan fingerprint density at radius 3 is 2.17 bits per heavy atom. The number of alkyl carbamates (subject to hydrolysis) is 1. The maximum Gasteiger partial charge on any atom is 0.408 e. The largest absolute Gasteiger partial charge is 0.465 e. The van der Waals surface area contributed by atoms with Crippen molar-refractivity contribution in [1.29, 1.82) is 0 Å². The third-order valence-corrected chi connectivity index (χ3v) is 8.82. The van der Waals surface area contributed by atoms with Crippen molar-refractivity contribution in [3.8, 4) is 0 Å². The molecule has 6 atom stereocenters. The highest BCUT2D eigenvalue weighted by atomic mass is 16.8. The quantitative estimate of drug-likeness (QED) is 0.332. The van der Waals surface area contributed by atoms with Gasteiger partial charge in [-0.2, -0.15) is 0 Å². The van der Waals surface area contributed by atoms with Crippen molar-refractivity contribution in [3.05, 3.63) is 0 Å². The summed E-state index contributed by atoms with van der Waals surface area (Å²) < 4.78 is 39.8. The smallest absolute Gasteiger partial charge is 0.408 e. The second-order valence-electron chi connectivity index (χ2n) is 11.7. The zero-order valence-corrected chi connectivity index (χ0v) is 23.1. The highest BCUT2D eigenvalue weighted by molar-refractivity contribution is 5.79. The van der Waals surface area contributed by atoms with Gasteiger partial charge in [0, 0.05) is 20.8 Å². The Morgan fingerprint density at radius 2 is 1.62 bits per heavy atom. The molecule has 4 saturated carbocycles. The molecule has 2 heterocycles. The molecule has 6 aliphatic rings. The van der Waals surface area contributed by atoms with E-state index in [0.29, 0.717) is 11.8 Å². The monoisotopic (exact) mass is 567 g/mol. The van der Waals surface area contributed by atoms with Crippen molar-refractivity contribution >= 4 is 30.0 Å². The van der Waals surface area contributed by atoms with Crippen LogP contribution >= 0.6 is 0 Å². The molecule has 1 N–H and O–H groups in total. The van der Waals surface area contributed by atoms with Crippen molar-refractivity contribution in [3.63, 3.8) is 0 Å². The molecule has 0 spiro atoms. The zero-order chi connectivity index (χ0) is 28.8. The first kappa shape index (κ1) is 28.6. The number of rotatable bonds is 8. The Kier molecular flexibility index (Phi) is 7.97. The minimum Gasteiger partial charge on any atom is -0.465 e. The van der Waals surface area contributed by atoms with Gasteiger partial charge in [-0.3, -0.25) is 14.4 Å². The fourth-order valence-corrected chi connectivity index (χ4v) is 7.67. The summed E-state index contributed by atoms with van der Waals surface area (Å²) in [5, 5.41) is 2.61. The lowest BCUT2D eigenvalue weighted by Gasteiger charge is -2.57. The predicted molar refractivity (Wildman–Crippen MR) is 131 cm³/mol. The van der Waals surface area contributed by atoms with E-state index < -0.39 is 72.8 Å². The molecule has 0 aromatic rings. The van der Waals surface area contributed by atoms with E-state index in [1.165, 1.54) is 27.4 Å². The molecule has 2 aliphatic heterocycles. The van der Waals surface area contributed by atoms with E-state index in [9.17, 15) is 24.0 Å². The third-order valence-electron chi connectivity index (χ3n) is 8.82. The van der Waals surface area contributed by atoms with Crippen LogP contribution in [0.4, 0.5) is 4.79 Å². The summed E-state index contributed by atoms with van der Waals surface area (Å²) in [6, 6.07) is -0.995. The van der Waals surface area contributed by atoms with Crippen molar-refractivity contribution in [2.24, 2.45) is 23.7 Å². The van der Waals surface area contributed by atoms with E-state index in [0.717, 1.165) is 32.6 Å². The van der Waals surface area contributed by atoms with E-state index >= 15 is 0 Å². The molecule has 6 rings (SSSR count). The number of carbonyl (C=O) groups excluding carboxylic acids is 5. The average Bonchev–Trinajstić information content (AvgIpc) is 2.87. The maximum atomic E-state index is 13.5. The lowest BCUT2D eigenvalue weighted by Crippen LogP contribution is -2.73. The van der Waals surface area contributed by atoms with Gasteiger partial charge in [0.15, 0.2) is 12.2 Å². The number of fused-ring (bicyclic) bond motifs is 1. The molecule has 222 valence electrons. The first-order chi connectivity index (χ1) is 19.0. The molecule has 40 heavy (non-hydrogen) atoms. The molecule has 13 nitrogen and oxygen atoms in total. The topological polar surface area (TPSA) is 162 Å². The summed E-state index contributed by atoms with van der Waals surface area (Å²) in [7, 11) is 1.21. The summed E-state index contributed by atoms with van der Waals surface area (Å²) >= 11 is 0. The Hall–Kier alpha value is -2.93. The molecular weight excluding hydrogens is 530 g/mol. The van der Waals surface area contributed by atoms with Gasteiger partial charge in [-0.15, -0.1) is 0 Å². The molecule has 0 aromatic carbocycles. The van der Waals surface area contributed by atoms with Gasteiger partial charge in [-0.1, -0.05) is 0 Å². The normalized spacial score (nSPS) is 40.1. The van der Waals surface area contributed by atoms with Crippen LogP contribution in [0.5, 0.6) is 0 Å². The molecule has 0 radical (unpaired) electrons. The van der Waals surface area contributed by atoms with Crippen LogP contribution in [0.15, 0.2) is 0 Å². The first-order valence-electron chi connectivity index (χ1n) is 13.9. The number of nitrogens with one attached hydrogen (secondary N) is 1. The number of cyclic esters (lactones) is 1. The Morgan fingerprint density at radius 1 is 0.975 bits per heavy atom. The number of methoxy groups -OCH3 is 1. The molecular formula is C27H37NO12. The summed E-state index contributed by atoms with van der Waals surface area (Å²) in [4.78, 5) is 61.8. The number of esters is 4. The van der Waals surface area contributed by atoms with E-state index in [1.807, 2.05) is 0 Å². The lowest BCUT2D eigenvalue weighted by atomic mass is 9.55. The summed E-state index contributed by atoms with van der Waals surface area (Å²) in [6.45, 7) is 3.10. The first-order valence-corrected chi connectivity index (χ1v) is 13.9. The highest BCUT2D eigenvalue weighted by Crippen LogP contribution is 2.56. The number of carbonyl (C=O) groups is 5. The van der Waals surface area contributed by atoms with Gasteiger partial charge in [0.05, 0.1) is 25.7 Å². The van der Waals surface area contributed by atoms with E-state index in [4.69, 9.17) is 33.2 Å². The molecule has 0 unspecified atom stereocenters. The van der Waals surface area contributed by atoms with Crippen molar-refractivity contribution in [1.82, 2.24) is 5.32 Å². The van der Waals surface area contributed by atoms with Crippen LogP contribution in [-0.4, -0.2) is 86.0 Å². The van der Waals surface area contributed by atoms with E-state index in [1.54, 1.807) is 0 Å². The van der Waals surface area contributed by atoms with Crippen LogP contribution in [0.1, 0.15) is 59.3 Å². The summed E-state index contributed by atoms with van der Waals surface area (Å²) in [6.07, 6.45) is -1.06. The van der Waals surface area contributed by atoms with Gasteiger partial charge in [0.1, 0.15) is 18.8 Å². The maximum absolute atomic E-state index is 13.5. The van der Waals surface area contributed by atoms with Crippen LogP contribution < -0.4 is 5.32 Å². The number of ether oxygens (including phenoxy) is 7. The van der Waals surface area contributed by atoms with Gasteiger partial charge in [0.2, 0.25) is 0 Å². The van der Waals surface area contributed by atoms with Crippen LogP contribution in [0.2, 0.25) is 0 Å². The Balaban J connectivity index is 1.50. The molecule has 13 heteroatoms. The highest BCUT2D eigenvalue weighted by Gasteiger charge is 2.63. The van der Waals surface area contributed by atoms with Crippen LogP contribution in [0.3, 0.4) is 0 Å². The second kappa shape index (κ2) is 11.2. The van der Waals surface area contributed by atoms with Crippen molar-refractivity contribution < 1.29 is 57.1 Å². The SMILES string of the molecule is COC(=O)[C@@]1(OC2C3CC4CC(C3)CC2C4)C[C@H](OC(C)=O)[C@H]2NC(=O)O[C@H]([C@@H](COC(C)=O)OC(C)=O)[C@@H]2O1. The fourth-order valence-electron chi connectivity index (χ4n) is 7.67. The van der Waals surface area contributed by atoms with Crippen LogP contribution in [0, 0.1) is 23.7 Å².